The van der Waals surface area contributed by atoms with Gasteiger partial charge < -0.3 is 19.7 Å². The van der Waals surface area contributed by atoms with E-state index in [2.05, 4.69) is 28.4 Å². The highest BCUT2D eigenvalue weighted by molar-refractivity contribution is 5.57. The van der Waals surface area contributed by atoms with Crippen LogP contribution in [0, 0.1) is 0 Å². The van der Waals surface area contributed by atoms with Crippen LogP contribution in [-0.4, -0.2) is 47.1 Å². The number of nitrogens with one attached hydrogen (secondary N) is 1. The molecular formula is C16H26N2O2. The summed E-state index contributed by atoms with van der Waals surface area (Å²) in [6.45, 7) is 5.57. The molecule has 1 aromatic carbocycles. The second-order valence-corrected chi connectivity index (χ2v) is 5.17. The highest BCUT2D eigenvalue weighted by Crippen LogP contribution is 2.26. The molecule has 0 amide bonds. The van der Waals surface area contributed by atoms with Gasteiger partial charge in [0.25, 0.3) is 0 Å². The predicted molar refractivity (Wildman–Crippen MR) is 82.4 cm³/mol. The van der Waals surface area contributed by atoms with Crippen LogP contribution in [0.2, 0.25) is 0 Å². The lowest BCUT2D eigenvalue weighted by atomic mass is 9.98. The van der Waals surface area contributed by atoms with Gasteiger partial charge in [0, 0.05) is 46.1 Å². The van der Waals surface area contributed by atoms with Crippen molar-refractivity contribution in [3.63, 3.8) is 0 Å². The minimum Gasteiger partial charge on any atom is -0.385 e. The SMILES string of the molecule is COCCCN(CCOC)c1cccc2c1CCNC2. The van der Waals surface area contributed by atoms with Gasteiger partial charge in [-0.3, -0.25) is 0 Å². The van der Waals surface area contributed by atoms with E-state index in [0.29, 0.717) is 0 Å². The lowest BCUT2D eigenvalue weighted by Crippen LogP contribution is -2.32. The minimum absolute atomic E-state index is 0.759. The zero-order valence-corrected chi connectivity index (χ0v) is 12.7. The van der Waals surface area contributed by atoms with Crippen LogP contribution >= 0.6 is 0 Å². The van der Waals surface area contributed by atoms with Gasteiger partial charge in [0.15, 0.2) is 0 Å². The molecule has 1 heterocycles. The van der Waals surface area contributed by atoms with Crippen LogP contribution in [0.15, 0.2) is 18.2 Å². The molecule has 0 saturated heterocycles. The van der Waals surface area contributed by atoms with E-state index in [4.69, 9.17) is 9.47 Å². The van der Waals surface area contributed by atoms with Gasteiger partial charge in [-0.25, -0.2) is 0 Å². The summed E-state index contributed by atoms with van der Waals surface area (Å²) >= 11 is 0. The van der Waals surface area contributed by atoms with Gasteiger partial charge in [0.05, 0.1) is 6.61 Å². The van der Waals surface area contributed by atoms with E-state index in [9.17, 15) is 0 Å². The number of ether oxygens (including phenoxy) is 2. The Labute approximate surface area is 122 Å². The summed E-state index contributed by atoms with van der Waals surface area (Å²) in [6, 6.07) is 6.64. The number of fused-ring (bicyclic) bond motifs is 1. The molecule has 4 nitrogen and oxygen atoms in total. The quantitative estimate of drug-likeness (QED) is 0.736. The Bertz CT molecular complexity index is 409. The van der Waals surface area contributed by atoms with E-state index in [1.807, 2.05) is 0 Å². The van der Waals surface area contributed by atoms with Crippen molar-refractivity contribution in [3.05, 3.63) is 29.3 Å². The Morgan fingerprint density at radius 2 is 2.00 bits per heavy atom. The Balaban J connectivity index is 2.14. The van der Waals surface area contributed by atoms with Crippen LogP contribution < -0.4 is 10.2 Å². The highest BCUT2D eigenvalue weighted by atomic mass is 16.5. The molecule has 0 atom stereocenters. The van der Waals surface area contributed by atoms with Crippen LogP contribution in [0.1, 0.15) is 17.5 Å². The number of hydrogen-bond acceptors (Lipinski definition) is 4. The molecule has 20 heavy (non-hydrogen) atoms. The molecule has 1 aliphatic heterocycles. The summed E-state index contributed by atoms with van der Waals surface area (Å²) < 4.78 is 10.4. The van der Waals surface area contributed by atoms with E-state index < -0.39 is 0 Å². The molecule has 0 saturated carbocycles. The fourth-order valence-corrected chi connectivity index (χ4v) is 2.76. The van der Waals surface area contributed by atoms with Crippen LogP contribution in [0.5, 0.6) is 0 Å². The number of anilines is 1. The van der Waals surface area contributed by atoms with E-state index in [0.717, 1.165) is 52.2 Å². The molecule has 0 fully saturated rings. The zero-order chi connectivity index (χ0) is 14.2. The molecule has 0 aliphatic carbocycles. The normalized spacial score (nSPS) is 14.1. The van der Waals surface area contributed by atoms with Gasteiger partial charge in [-0.05, 0) is 36.6 Å². The maximum absolute atomic E-state index is 5.26. The highest BCUT2D eigenvalue weighted by Gasteiger charge is 2.16. The first-order chi connectivity index (χ1) is 9.86. The van der Waals surface area contributed by atoms with Gasteiger partial charge >= 0.3 is 0 Å². The third-order valence-electron chi connectivity index (χ3n) is 3.80. The first kappa shape index (κ1) is 15.3. The van der Waals surface area contributed by atoms with Crippen molar-refractivity contribution < 1.29 is 9.47 Å². The Hall–Kier alpha value is -1.10. The number of hydrogen-bond donors (Lipinski definition) is 1. The van der Waals surface area contributed by atoms with Gasteiger partial charge in [-0.2, -0.15) is 0 Å². The second kappa shape index (κ2) is 8.25. The molecule has 1 aliphatic rings. The second-order valence-electron chi connectivity index (χ2n) is 5.17. The Morgan fingerprint density at radius 1 is 1.15 bits per heavy atom. The zero-order valence-electron chi connectivity index (χ0n) is 12.7. The smallest absolute Gasteiger partial charge is 0.0637 e. The summed E-state index contributed by atoms with van der Waals surface area (Å²) in [6.07, 6.45) is 2.15. The molecule has 4 heteroatoms. The summed E-state index contributed by atoms with van der Waals surface area (Å²) in [5.74, 6) is 0. The topological polar surface area (TPSA) is 33.7 Å². The fraction of sp³-hybridized carbons (Fsp3) is 0.625. The van der Waals surface area contributed by atoms with E-state index in [-0.39, 0.29) is 0 Å². The first-order valence-corrected chi connectivity index (χ1v) is 7.41. The lowest BCUT2D eigenvalue weighted by Gasteiger charge is -2.30. The van der Waals surface area contributed by atoms with Crippen molar-refractivity contribution in [2.24, 2.45) is 0 Å². The Morgan fingerprint density at radius 3 is 2.80 bits per heavy atom. The molecule has 112 valence electrons. The molecule has 0 aromatic heterocycles. The number of methoxy groups -OCH3 is 2. The van der Waals surface area contributed by atoms with Crippen LogP contribution in [0.4, 0.5) is 5.69 Å². The monoisotopic (exact) mass is 278 g/mol. The summed E-state index contributed by atoms with van der Waals surface area (Å²) in [7, 11) is 3.52. The molecule has 0 unspecified atom stereocenters. The molecule has 0 spiro atoms. The number of rotatable bonds is 8. The Kier molecular flexibility index (Phi) is 6.30. The van der Waals surface area contributed by atoms with Crippen molar-refractivity contribution in [1.29, 1.82) is 0 Å². The summed E-state index contributed by atoms with van der Waals surface area (Å²) in [5, 5.41) is 3.44. The van der Waals surface area contributed by atoms with Gasteiger partial charge in [-0.15, -0.1) is 0 Å². The van der Waals surface area contributed by atoms with Crippen molar-refractivity contribution in [1.82, 2.24) is 5.32 Å². The molecule has 0 bridgehead atoms. The lowest BCUT2D eigenvalue weighted by molar-refractivity contribution is 0.191. The van der Waals surface area contributed by atoms with Crippen molar-refractivity contribution in [2.75, 3.05) is 52.0 Å². The maximum Gasteiger partial charge on any atom is 0.0637 e. The summed E-state index contributed by atoms with van der Waals surface area (Å²) in [5.41, 5.74) is 4.31. The number of benzene rings is 1. The first-order valence-electron chi connectivity index (χ1n) is 7.41. The molecule has 0 radical (unpaired) electrons. The molecular weight excluding hydrogens is 252 g/mol. The van der Waals surface area contributed by atoms with Gasteiger partial charge in [-0.1, -0.05) is 12.1 Å². The average molecular weight is 278 g/mol. The average Bonchev–Trinajstić information content (AvgIpc) is 2.50. The standard InChI is InChI=1S/C16H26N2O2/c1-19-11-4-9-18(10-12-20-2)16-6-3-5-14-13-17-8-7-15(14)16/h3,5-6,17H,4,7-13H2,1-2H3. The third kappa shape index (κ3) is 3.95. The van der Waals surface area contributed by atoms with Crippen LogP contribution in [0.25, 0.3) is 0 Å². The van der Waals surface area contributed by atoms with E-state index in [1.54, 1.807) is 14.2 Å². The summed E-state index contributed by atoms with van der Waals surface area (Å²) in [4.78, 5) is 2.44. The third-order valence-corrected chi connectivity index (χ3v) is 3.80. The van der Waals surface area contributed by atoms with Crippen molar-refractivity contribution in [2.45, 2.75) is 19.4 Å². The predicted octanol–water partition coefficient (Wildman–Crippen LogP) is 1.82. The van der Waals surface area contributed by atoms with Crippen LogP contribution in [0.3, 0.4) is 0 Å². The molecule has 2 rings (SSSR count). The largest absolute Gasteiger partial charge is 0.385 e. The van der Waals surface area contributed by atoms with E-state index in [1.165, 1.54) is 16.8 Å². The minimum atomic E-state index is 0.759. The van der Waals surface area contributed by atoms with Gasteiger partial charge in [0.2, 0.25) is 0 Å². The number of nitrogens with zero attached hydrogens (tertiary/aromatic N) is 1. The van der Waals surface area contributed by atoms with E-state index >= 15 is 0 Å². The van der Waals surface area contributed by atoms with Crippen molar-refractivity contribution >= 4 is 5.69 Å². The maximum atomic E-state index is 5.26. The molecule has 1 N–H and O–H groups in total. The fourth-order valence-electron chi connectivity index (χ4n) is 2.76. The molecule has 1 aromatic rings. The van der Waals surface area contributed by atoms with Crippen LogP contribution in [-0.2, 0) is 22.4 Å². The van der Waals surface area contributed by atoms with Gasteiger partial charge in [0.1, 0.15) is 0 Å². The van der Waals surface area contributed by atoms with Crippen molar-refractivity contribution in [3.8, 4) is 0 Å².